The molecular formula is C17H15ClN2OS. The highest BCUT2D eigenvalue weighted by molar-refractivity contribution is 7.09. The molecule has 0 fully saturated rings. The zero-order chi connectivity index (χ0) is 15.4. The average Bonchev–Trinajstić information content (AvgIpc) is 3.03. The number of hydrogen-bond donors (Lipinski definition) is 1. The number of benzene rings is 2. The van der Waals surface area contributed by atoms with Crippen LogP contribution in [0.5, 0.6) is 5.75 Å². The van der Waals surface area contributed by atoms with E-state index >= 15 is 0 Å². The summed E-state index contributed by atoms with van der Waals surface area (Å²) in [5, 5.41) is 3.68. The van der Waals surface area contributed by atoms with Crippen molar-refractivity contribution in [1.29, 1.82) is 0 Å². The fourth-order valence-electron chi connectivity index (χ4n) is 2.04. The number of thiazole rings is 1. The van der Waals surface area contributed by atoms with Crippen LogP contribution in [0.4, 0.5) is 0 Å². The van der Waals surface area contributed by atoms with E-state index in [1.165, 1.54) is 0 Å². The molecule has 1 aromatic heterocycles. The van der Waals surface area contributed by atoms with Crippen LogP contribution in [0, 0.1) is 0 Å². The molecule has 0 saturated heterocycles. The zero-order valence-electron chi connectivity index (χ0n) is 11.8. The second kappa shape index (κ2) is 6.92. The lowest BCUT2D eigenvalue weighted by atomic mass is 10.2. The van der Waals surface area contributed by atoms with E-state index in [1.807, 2.05) is 53.9 Å². The van der Waals surface area contributed by atoms with Crippen LogP contribution in [-0.2, 0) is 13.2 Å². The number of hydrogen-bond acceptors (Lipinski definition) is 4. The van der Waals surface area contributed by atoms with Crippen LogP contribution < -0.4 is 10.5 Å². The van der Waals surface area contributed by atoms with Crippen LogP contribution in [-0.4, -0.2) is 4.98 Å². The molecule has 5 heteroatoms. The first-order valence-electron chi connectivity index (χ1n) is 6.87. The largest absolute Gasteiger partial charge is 0.486 e. The topological polar surface area (TPSA) is 48.1 Å². The van der Waals surface area contributed by atoms with Gasteiger partial charge in [-0.2, -0.15) is 0 Å². The molecule has 0 atom stereocenters. The minimum atomic E-state index is 0.451. The standard InChI is InChI=1S/C17H15ClN2OS/c18-14-6-4-13(5-7-14)16-11-22-17(20-16)10-21-15-3-1-2-12(8-15)9-19/h1-8,11H,9-10,19H2. The second-order valence-electron chi connectivity index (χ2n) is 4.77. The molecule has 0 saturated carbocycles. The van der Waals surface area contributed by atoms with Gasteiger partial charge in [-0.3, -0.25) is 0 Å². The van der Waals surface area contributed by atoms with Crippen LogP contribution in [0.2, 0.25) is 5.02 Å². The summed E-state index contributed by atoms with van der Waals surface area (Å²) in [5.74, 6) is 0.811. The Kier molecular flexibility index (Phi) is 4.73. The Hall–Kier alpha value is -1.88. The molecule has 0 aliphatic heterocycles. The first-order valence-corrected chi connectivity index (χ1v) is 8.12. The Morgan fingerprint density at radius 1 is 1.14 bits per heavy atom. The number of halogens is 1. The van der Waals surface area contributed by atoms with Gasteiger partial charge in [-0.15, -0.1) is 11.3 Å². The monoisotopic (exact) mass is 330 g/mol. The molecule has 22 heavy (non-hydrogen) atoms. The van der Waals surface area contributed by atoms with Crippen molar-refractivity contribution in [1.82, 2.24) is 4.98 Å². The molecule has 0 unspecified atom stereocenters. The van der Waals surface area contributed by atoms with Gasteiger partial charge in [0.1, 0.15) is 17.4 Å². The Morgan fingerprint density at radius 3 is 2.73 bits per heavy atom. The molecule has 3 nitrogen and oxygen atoms in total. The molecular weight excluding hydrogens is 316 g/mol. The van der Waals surface area contributed by atoms with E-state index < -0.39 is 0 Å². The maximum absolute atomic E-state index is 5.90. The summed E-state index contributed by atoms with van der Waals surface area (Å²) in [6.07, 6.45) is 0. The average molecular weight is 331 g/mol. The number of aromatic nitrogens is 1. The maximum atomic E-state index is 5.90. The van der Waals surface area contributed by atoms with E-state index in [9.17, 15) is 0 Å². The maximum Gasteiger partial charge on any atom is 0.140 e. The van der Waals surface area contributed by atoms with Gasteiger partial charge in [-0.25, -0.2) is 4.98 Å². The van der Waals surface area contributed by atoms with Crippen LogP contribution in [0.1, 0.15) is 10.6 Å². The molecule has 0 radical (unpaired) electrons. The highest BCUT2D eigenvalue weighted by Crippen LogP contribution is 2.24. The summed E-state index contributed by atoms with van der Waals surface area (Å²) in [6.45, 7) is 0.960. The summed E-state index contributed by atoms with van der Waals surface area (Å²) in [4.78, 5) is 4.59. The minimum Gasteiger partial charge on any atom is -0.486 e. The van der Waals surface area contributed by atoms with Crippen molar-refractivity contribution >= 4 is 22.9 Å². The fraction of sp³-hybridized carbons (Fsp3) is 0.118. The Morgan fingerprint density at radius 2 is 1.95 bits per heavy atom. The molecule has 0 aliphatic rings. The Labute approximate surface area is 138 Å². The molecule has 3 aromatic rings. The van der Waals surface area contributed by atoms with E-state index in [0.717, 1.165) is 32.6 Å². The smallest absolute Gasteiger partial charge is 0.140 e. The summed E-state index contributed by atoms with van der Waals surface area (Å²) >= 11 is 7.48. The molecule has 0 amide bonds. The molecule has 1 heterocycles. The van der Waals surface area contributed by atoms with Gasteiger partial charge in [-0.1, -0.05) is 35.9 Å². The lowest BCUT2D eigenvalue weighted by Gasteiger charge is -2.05. The molecule has 0 aliphatic carbocycles. The van der Waals surface area contributed by atoms with Crippen molar-refractivity contribution in [2.45, 2.75) is 13.2 Å². The SMILES string of the molecule is NCc1cccc(OCc2nc(-c3ccc(Cl)cc3)cs2)c1. The molecule has 2 N–H and O–H groups in total. The quantitative estimate of drug-likeness (QED) is 0.749. The third kappa shape index (κ3) is 3.65. The van der Waals surface area contributed by atoms with Crippen molar-refractivity contribution in [3.8, 4) is 17.0 Å². The highest BCUT2D eigenvalue weighted by atomic mass is 35.5. The van der Waals surface area contributed by atoms with Crippen molar-refractivity contribution in [3.63, 3.8) is 0 Å². The highest BCUT2D eigenvalue weighted by Gasteiger charge is 2.05. The summed E-state index contributed by atoms with van der Waals surface area (Å²) in [7, 11) is 0. The lowest BCUT2D eigenvalue weighted by Crippen LogP contribution is -1.98. The van der Waals surface area contributed by atoms with Gasteiger partial charge in [0.05, 0.1) is 5.69 Å². The predicted octanol–water partition coefficient (Wildman–Crippen LogP) is 4.50. The first-order chi connectivity index (χ1) is 10.7. The number of nitrogens with two attached hydrogens (primary N) is 1. The van der Waals surface area contributed by atoms with Gasteiger partial charge in [-0.05, 0) is 29.8 Å². The van der Waals surface area contributed by atoms with Crippen LogP contribution in [0.15, 0.2) is 53.9 Å². The number of rotatable bonds is 5. The van der Waals surface area contributed by atoms with E-state index in [-0.39, 0.29) is 0 Å². The van der Waals surface area contributed by atoms with Crippen LogP contribution in [0.3, 0.4) is 0 Å². The van der Waals surface area contributed by atoms with Crippen LogP contribution >= 0.6 is 22.9 Å². The molecule has 112 valence electrons. The van der Waals surface area contributed by atoms with E-state index in [4.69, 9.17) is 22.1 Å². The second-order valence-corrected chi connectivity index (χ2v) is 6.15. The Balaban J connectivity index is 1.67. The van der Waals surface area contributed by atoms with E-state index in [2.05, 4.69) is 4.98 Å². The third-order valence-electron chi connectivity index (χ3n) is 3.19. The molecule has 3 rings (SSSR count). The minimum absolute atomic E-state index is 0.451. The van der Waals surface area contributed by atoms with Gasteiger partial charge in [0.15, 0.2) is 0 Å². The lowest BCUT2D eigenvalue weighted by molar-refractivity contribution is 0.305. The normalized spacial score (nSPS) is 10.6. The van der Waals surface area contributed by atoms with Crippen molar-refractivity contribution in [3.05, 3.63) is 69.5 Å². The van der Waals surface area contributed by atoms with Gasteiger partial charge < -0.3 is 10.5 Å². The van der Waals surface area contributed by atoms with E-state index in [0.29, 0.717) is 13.2 Å². The van der Waals surface area contributed by atoms with Crippen molar-refractivity contribution in [2.24, 2.45) is 5.73 Å². The number of ether oxygens (including phenoxy) is 1. The van der Waals surface area contributed by atoms with Crippen molar-refractivity contribution in [2.75, 3.05) is 0 Å². The summed E-state index contributed by atoms with van der Waals surface area (Å²) < 4.78 is 5.77. The molecule has 0 bridgehead atoms. The van der Waals surface area contributed by atoms with Crippen LogP contribution in [0.25, 0.3) is 11.3 Å². The predicted molar refractivity (Wildman–Crippen MR) is 91.2 cm³/mol. The van der Waals surface area contributed by atoms with Crippen molar-refractivity contribution < 1.29 is 4.74 Å². The number of nitrogens with zero attached hydrogens (tertiary/aromatic N) is 1. The third-order valence-corrected chi connectivity index (χ3v) is 4.26. The zero-order valence-corrected chi connectivity index (χ0v) is 13.4. The van der Waals surface area contributed by atoms with Gasteiger partial charge in [0, 0.05) is 22.5 Å². The molecule has 2 aromatic carbocycles. The Bertz CT molecular complexity index is 755. The summed E-state index contributed by atoms with van der Waals surface area (Å²) in [6, 6.07) is 15.5. The van der Waals surface area contributed by atoms with E-state index in [1.54, 1.807) is 11.3 Å². The first kappa shape index (κ1) is 15.0. The fourth-order valence-corrected chi connectivity index (χ4v) is 2.88. The van der Waals surface area contributed by atoms with Gasteiger partial charge in [0.2, 0.25) is 0 Å². The van der Waals surface area contributed by atoms with Gasteiger partial charge >= 0.3 is 0 Å². The summed E-state index contributed by atoms with van der Waals surface area (Å²) in [5.41, 5.74) is 8.68. The van der Waals surface area contributed by atoms with Gasteiger partial charge in [0.25, 0.3) is 0 Å². The molecule has 0 spiro atoms.